The summed E-state index contributed by atoms with van der Waals surface area (Å²) in [4.78, 5) is 13.3. The number of benzene rings is 1. The number of nitrogens with zero attached hydrogens (tertiary/aromatic N) is 1. The molecule has 1 aromatic rings. The van der Waals surface area contributed by atoms with Gasteiger partial charge in [0.15, 0.2) is 0 Å². The van der Waals surface area contributed by atoms with Gasteiger partial charge in [-0.3, -0.25) is 9.69 Å². The number of aliphatic carboxylic acids is 1. The molecule has 0 spiro atoms. The standard InChI is InChI=1S/C16H23NO2/c1-2-15(14-8-4-3-5-9-14)17-10-6-7-13(12-17)11-16(18)19/h3-5,8-9,13,15H,2,6-7,10-12H2,1H3,(H,18,19). The Morgan fingerprint density at radius 2 is 2.16 bits per heavy atom. The first-order valence-corrected chi connectivity index (χ1v) is 7.21. The van der Waals surface area contributed by atoms with Crippen LogP contribution >= 0.6 is 0 Å². The molecule has 1 N–H and O–H groups in total. The van der Waals surface area contributed by atoms with Crippen LogP contribution in [0.1, 0.15) is 44.2 Å². The minimum atomic E-state index is -0.667. The fraction of sp³-hybridized carbons (Fsp3) is 0.562. The van der Waals surface area contributed by atoms with Gasteiger partial charge in [-0.1, -0.05) is 37.3 Å². The largest absolute Gasteiger partial charge is 0.481 e. The van der Waals surface area contributed by atoms with Crippen molar-refractivity contribution in [2.75, 3.05) is 13.1 Å². The topological polar surface area (TPSA) is 40.5 Å². The molecule has 0 saturated carbocycles. The summed E-state index contributed by atoms with van der Waals surface area (Å²) in [5, 5.41) is 8.95. The molecule has 1 aliphatic rings. The number of carboxylic acid groups (broad SMARTS) is 1. The molecule has 2 unspecified atom stereocenters. The molecule has 1 aromatic carbocycles. The first-order valence-electron chi connectivity index (χ1n) is 7.21. The van der Waals surface area contributed by atoms with Crippen LogP contribution in [0.15, 0.2) is 30.3 Å². The van der Waals surface area contributed by atoms with Crippen LogP contribution < -0.4 is 0 Å². The molecule has 0 radical (unpaired) electrons. The normalized spacial score (nSPS) is 22.1. The average molecular weight is 261 g/mol. The summed E-state index contributed by atoms with van der Waals surface area (Å²) >= 11 is 0. The van der Waals surface area contributed by atoms with Gasteiger partial charge in [0.25, 0.3) is 0 Å². The molecule has 19 heavy (non-hydrogen) atoms. The molecule has 1 fully saturated rings. The van der Waals surface area contributed by atoms with Gasteiger partial charge in [0.1, 0.15) is 0 Å². The van der Waals surface area contributed by atoms with E-state index < -0.39 is 5.97 Å². The molecule has 1 saturated heterocycles. The van der Waals surface area contributed by atoms with E-state index in [0.29, 0.717) is 18.4 Å². The summed E-state index contributed by atoms with van der Waals surface area (Å²) in [6.07, 6.45) is 3.54. The van der Waals surface area contributed by atoms with E-state index in [1.165, 1.54) is 5.56 Å². The van der Waals surface area contributed by atoms with E-state index in [-0.39, 0.29) is 0 Å². The fourth-order valence-electron chi connectivity index (χ4n) is 3.17. The Hall–Kier alpha value is -1.35. The minimum absolute atomic E-state index is 0.307. The van der Waals surface area contributed by atoms with Crippen molar-refractivity contribution in [3.63, 3.8) is 0 Å². The van der Waals surface area contributed by atoms with E-state index in [4.69, 9.17) is 5.11 Å². The highest BCUT2D eigenvalue weighted by molar-refractivity contribution is 5.67. The van der Waals surface area contributed by atoms with Crippen LogP contribution in [0.5, 0.6) is 0 Å². The number of carbonyl (C=O) groups is 1. The Bertz CT molecular complexity index is 404. The van der Waals surface area contributed by atoms with Crippen LogP contribution in [0.3, 0.4) is 0 Å². The molecule has 0 aromatic heterocycles. The maximum atomic E-state index is 10.9. The van der Waals surface area contributed by atoms with E-state index in [2.05, 4.69) is 36.1 Å². The zero-order valence-corrected chi connectivity index (χ0v) is 11.6. The van der Waals surface area contributed by atoms with Gasteiger partial charge in [-0.15, -0.1) is 0 Å². The summed E-state index contributed by atoms with van der Waals surface area (Å²) in [6, 6.07) is 11.0. The maximum Gasteiger partial charge on any atom is 0.303 e. The van der Waals surface area contributed by atoms with Crippen molar-refractivity contribution >= 4 is 5.97 Å². The summed E-state index contributed by atoms with van der Waals surface area (Å²) < 4.78 is 0. The maximum absolute atomic E-state index is 10.9. The second-order valence-corrected chi connectivity index (χ2v) is 5.44. The van der Waals surface area contributed by atoms with E-state index in [1.807, 2.05) is 6.07 Å². The zero-order valence-electron chi connectivity index (χ0n) is 11.6. The third kappa shape index (κ3) is 3.80. The highest BCUT2D eigenvalue weighted by Crippen LogP contribution is 2.30. The zero-order chi connectivity index (χ0) is 13.7. The summed E-state index contributed by atoms with van der Waals surface area (Å²) in [6.45, 7) is 4.21. The first kappa shape index (κ1) is 14.1. The van der Waals surface area contributed by atoms with Crippen LogP contribution in [0, 0.1) is 5.92 Å². The molecule has 0 bridgehead atoms. The molecule has 0 aliphatic carbocycles. The lowest BCUT2D eigenvalue weighted by molar-refractivity contribution is -0.138. The van der Waals surface area contributed by atoms with Crippen LogP contribution in [0.25, 0.3) is 0 Å². The molecule has 0 amide bonds. The third-order valence-electron chi connectivity index (χ3n) is 4.03. The second-order valence-electron chi connectivity index (χ2n) is 5.44. The smallest absolute Gasteiger partial charge is 0.303 e. The molecule has 3 heteroatoms. The fourth-order valence-corrected chi connectivity index (χ4v) is 3.17. The highest BCUT2D eigenvalue weighted by atomic mass is 16.4. The van der Waals surface area contributed by atoms with Gasteiger partial charge < -0.3 is 5.11 Å². The average Bonchev–Trinajstić information content (AvgIpc) is 2.40. The van der Waals surface area contributed by atoms with Gasteiger partial charge >= 0.3 is 5.97 Å². The number of rotatable bonds is 5. The van der Waals surface area contributed by atoms with Gasteiger partial charge in [-0.2, -0.15) is 0 Å². The third-order valence-corrected chi connectivity index (χ3v) is 4.03. The predicted octanol–water partition coefficient (Wildman–Crippen LogP) is 3.32. The van der Waals surface area contributed by atoms with Gasteiger partial charge in [-0.25, -0.2) is 0 Å². The minimum Gasteiger partial charge on any atom is -0.481 e. The van der Waals surface area contributed by atoms with Crippen molar-refractivity contribution in [1.29, 1.82) is 0 Å². The summed E-state index contributed by atoms with van der Waals surface area (Å²) in [5.41, 5.74) is 1.35. The van der Waals surface area contributed by atoms with Gasteiger partial charge in [0, 0.05) is 19.0 Å². The van der Waals surface area contributed by atoms with Crippen LogP contribution in [0.2, 0.25) is 0 Å². The number of hydrogen-bond donors (Lipinski definition) is 1. The molecule has 2 atom stereocenters. The molecule has 2 rings (SSSR count). The number of likely N-dealkylation sites (tertiary alicyclic amines) is 1. The molecule has 104 valence electrons. The molecule has 1 aliphatic heterocycles. The second kappa shape index (κ2) is 6.71. The summed E-state index contributed by atoms with van der Waals surface area (Å²) in [7, 11) is 0. The number of piperidine rings is 1. The predicted molar refractivity (Wildman–Crippen MR) is 76.0 cm³/mol. The molecular formula is C16H23NO2. The van der Waals surface area contributed by atoms with E-state index >= 15 is 0 Å². The van der Waals surface area contributed by atoms with E-state index in [9.17, 15) is 4.79 Å². The van der Waals surface area contributed by atoms with E-state index in [0.717, 1.165) is 32.4 Å². The Labute approximate surface area is 115 Å². The van der Waals surface area contributed by atoms with Crippen LogP contribution in [0.4, 0.5) is 0 Å². The molecular weight excluding hydrogens is 238 g/mol. The lowest BCUT2D eigenvalue weighted by atomic mass is 9.92. The van der Waals surface area contributed by atoms with Gasteiger partial charge in [0.2, 0.25) is 0 Å². The van der Waals surface area contributed by atoms with Gasteiger partial charge in [-0.05, 0) is 37.3 Å². The van der Waals surface area contributed by atoms with E-state index in [1.54, 1.807) is 0 Å². The number of hydrogen-bond acceptors (Lipinski definition) is 2. The van der Waals surface area contributed by atoms with Gasteiger partial charge in [0.05, 0.1) is 0 Å². The van der Waals surface area contributed by atoms with Crippen LogP contribution in [-0.4, -0.2) is 29.1 Å². The van der Waals surface area contributed by atoms with Crippen molar-refractivity contribution in [3.05, 3.63) is 35.9 Å². The van der Waals surface area contributed by atoms with Crippen molar-refractivity contribution in [2.24, 2.45) is 5.92 Å². The Morgan fingerprint density at radius 1 is 1.42 bits per heavy atom. The summed E-state index contributed by atoms with van der Waals surface area (Å²) in [5.74, 6) is -0.358. The lowest BCUT2D eigenvalue weighted by Gasteiger charge is -2.38. The van der Waals surface area contributed by atoms with Crippen molar-refractivity contribution in [3.8, 4) is 0 Å². The van der Waals surface area contributed by atoms with Crippen molar-refractivity contribution < 1.29 is 9.90 Å². The monoisotopic (exact) mass is 261 g/mol. The number of carboxylic acids is 1. The molecule has 1 heterocycles. The Kier molecular flexibility index (Phi) is 4.97. The Morgan fingerprint density at radius 3 is 2.79 bits per heavy atom. The van der Waals surface area contributed by atoms with Crippen LogP contribution in [-0.2, 0) is 4.79 Å². The SMILES string of the molecule is CCC(c1ccccc1)N1CCCC(CC(=O)O)C1. The first-order chi connectivity index (χ1) is 9.20. The molecule has 3 nitrogen and oxygen atoms in total. The highest BCUT2D eigenvalue weighted by Gasteiger charge is 2.26. The lowest BCUT2D eigenvalue weighted by Crippen LogP contribution is -2.38. The Balaban J connectivity index is 2.04. The van der Waals surface area contributed by atoms with Crippen molar-refractivity contribution in [2.45, 2.75) is 38.6 Å². The quantitative estimate of drug-likeness (QED) is 0.884. The van der Waals surface area contributed by atoms with Crippen molar-refractivity contribution in [1.82, 2.24) is 4.90 Å².